The van der Waals surface area contributed by atoms with Crippen molar-refractivity contribution in [2.24, 2.45) is 5.92 Å². The molecule has 134 valence electrons. The average Bonchev–Trinajstić information content (AvgIpc) is 3.13. The minimum absolute atomic E-state index is 0.00171. The smallest absolute Gasteiger partial charge is 0.253 e. The number of piperidine rings is 1. The lowest BCUT2D eigenvalue weighted by molar-refractivity contribution is 0.0952. The van der Waals surface area contributed by atoms with Crippen molar-refractivity contribution in [1.82, 2.24) is 20.6 Å². The Hall–Kier alpha value is -2.66. The number of hydrogen-bond donors (Lipinski definition) is 3. The van der Waals surface area contributed by atoms with Crippen LogP contribution in [-0.4, -0.2) is 35.5 Å². The molecule has 4 rings (SSSR count). The number of nitrogens with zero attached hydrogens (tertiary/aromatic N) is 1. The van der Waals surface area contributed by atoms with Crippen LogP contribution in [0.4, 0.5) is 0 Å². The van der Waals surface area contributed by atoms with Crippen LogP contribution in [0.25, 0.3) is 22.0 Å². The van der Waals surface area contributed by atoms with Gasteiger partial charge in [-0.1, -0.05) is 12.1 Å². The summed E-state index contributed by atoms with van der Waals surface area (Å²) in [5.41, 5.74) is 3.92. The van der Waals surface area contributed by atoms with E-state index in [2.05, 4.69) is 32.7 Å². The number of H-pyrrole nitrogens is 1. The number of amides is 1. The number of carbonyl (C=O) groups is 1. The molecule has 3 heterocycles. The Balaban J connectivity index is 1.44. The predicted octanol–water partition coefficient (Wildman–Crippen LogP) is 3.35. The van der Waals surface area contributed by atoms with E-state index in [-0.39, 0.29) is 5.91 Å². The van der Waals surface area contributed by atoms with Gasteiger partial charge < -0.3 is 15.6 Å². The molecule has 5 heteroatoms. The number of pyridine rings is 1. The molecule has 26 heavy (non-hydrogen) atoms. The lowest BCUT2D eigenvalue weighted by atomic mass is 9.95. The lowest BCUT2D eigenvalue weighted by Gasteiger charge is -2.22. The Morgan fingerprint density at radius 2 is 1.92 bits per heavy atom. The summed E-state index contributed by atoms with van der Waals surface area (Å²) in [7, 11) is 0. The Bertz CT molecular complexity index is 881. The molecule has 5 nitrogen and oxygen atoms in total. The highest BCUT2D eigenvalue weighted by atomic mass is 16.1. The monoisotopic (exact) mass is 348 g/mol. The minimum atomic E-state index is 0.00171. The van der Waals surface area contributed by atoms with Crippen LogP contribution in [0.15, 0.2) is 48.9 Å². The molecule has 0 spiro atoms. The van der Waals surface area contributed by atoms with E-state index in [1.807, 2.05) is 18.2 Å². The topological polar surface area (TPSA) is 69.8 Å². The SMILES string of the molecule is O=C(NCCC1CCNCC1)c1c[nH]c2cc(-c3ccncc3)ccc12. The normalized spacial score (nSPS) is 15.2. The molecule has 1 fully saturated rings. The number of fused-ring (bicyclic) bond motifs is 1. The summed E-state index contributed by atoms with van der Waals surface area (Å²) in [5, 5.41) is 7.42. The molecule has 0 aliphatic carbocycles. The van der Waals surface area contributed by atoms with Crippen LogP contribution < -0.4 is 10.6 Å². The number of nitrogens with one attached hydrogen (secondary N) is 3. The molecule has 1 saturated heterocycles. The van der Waals surface area contributed by atoms with E-state index in [1.165, 1.54) is 12.8 Å². The van der Waals surface area contributed by atoms with Crippen molar-refractivity contribution in [2.45, 2.75) is 19.3 Å². The number of aromatic amines is 1. The maximum Gasteiger partial charge on any atom is 0.253 e. The summed E-state index contributed by atoms with van der Waals surface area (Å²) in [4.78, 5) is 19.9. The summed E-state index contributed by atoms with van der Waals surface area (Å²) >= 11 is 0. The van der Waals surface area contributed by atoms with Crippen molar-refractivity contribution in [1.29, 1.82) is 0 Å². The number of hydrogen-bond acceptors (Lipinski definition) is 3. The third kappa shape index (κ3) is 3.63. The Kier molecular flexibility index (Phi) is 4.97. The largest absolute Gasteiger partial charge is 0.360 e. The Morgan fingerprint density at radius 1 is 1.12 bits per heavy atom. The van der Waals surface area contributed by atoms with E-state index in [0.29, 0.717) is 5.56 Å². The van der Waals surface area contributed by atoms with Crippen LogP contribution >= 0.6 is 0 Å². The van der Waals surface area contributed by atoms with Crippen molar-refractivity contribution < 1.29 is 4.79 Å². The van der Waals surface area contributed by atoms with Gasteiger partial charge in [0, 0.05) is 36.0 Å². The molecule has 1 aliphatic heterocycles. The van der Waals surface area contributed by atoms with Gasteiger partial charge in [0.25, 0.3) is 5.91 Å². The highest BCUT2D eigenvalue weighted by Crippen LogP contribution is 2.25. The molecule has 0 bridgehead atoms. The average molecular weight is 348 g/mol. The molecule has 3 aromatic rings. The van der Waals surface area contributed by atoms with Gasteiger partial charge >= 0.3 is 0 Å². The van der Waals surface area contributed by atoms with Gasteiger partial charge in [0.1, 0.15) is 0 Å². The van der Waals surface area contributed by atoms with Crippen LogP contribution in [0.5, 0.6) is 0 Å². The van der Waals surface area contributed by atoms with Crippen LogP contribution in [0.3, 0.4) is 0 Å². The lowest BCUT2D eigenvalue weighted by Crippen LogP contribution is -2.31. The molecule has 2 aromatic heterocycles. The fourth-order valence-electron chi connectivity index (χ4n) is 3.69. The van der Waals surface area contributed by atoms with Gasteiger partial charge in [-0.25, -0.2) is 0 Å². The number of benzene rings is 1. The second-order valence-corrected chi connectivity index (χ2v) is 6.94. The first kappa shape index (κ1) is 16.8. The molecule has 1 aromatic carbocycles. The number of aromatic nitrogens is 2. The quantitative estimate of drug-likeness (QED) is 0.662. The predicted molar refractivity (Wildman–Crippen MR) is 104 cm³/mol. The molecule has 0 radical (unpaired) electrons. The van der Waals surface area contributed by atoms with E-state index in [1.54, 1.807) is 18.6 Å². The van der Waals surface area contributed by atoms with Gasteiger partial charge in [-0.15, -0.1) is 0 Å². The van der Waals surface area contributed by atoms with Crippen molar-refractivity contribution in [2.75, 3.05) is 19.6 Å². The van der Waals surface area contributed by atoms with E-state index in [0.717, 1.165) is 54.0 Å². The second kappa shape index (κ2) is 7.70. The fraction of sp³-hybridized carbons (Fsp3) is 0.333. The highest BCUT2D eigenvalue weighted by molar-refractivity contribution is 6.07. The molecule has 0 unspecified atom stereocenters. The van der Waals surface area contributed by atoms with Crippen LogP contribution in [0.2, 0.25) is 0 Å². The fourth-order valence-corrected chi connectivity index (χ4v) is 3.69. The van der Waals surface area contributed by atoms with E-state index in [4.69, 9.17) is 0 Å². The van der Waals surface area contributed by atoms with E-state index in [9.17, 15) is 4.79 Å². The van der Waals surface area contributed by atoms with Crippen LogP contribution in [0, 0.1) is 5.92 Å². The molecular formula is C21H24N4O. The third-order valence-corrected chi connectivity index (χ3v) is 5.24. The first-order valence-corrected chi connectivity index (χ1v) is 9.32. The van der Waals surface area contributed by atoms with Gasteiger partial charge in [-0.3, -0.25) is 9.78 Å². The summed E-state index contributed by atoms with van der Waals surface area (Å²) in [6.07, 6.45) is 8.86. The maximum atomic E-state index is 12.6. The Labute approximate surface area is 153 Å². The van der Waals surface area contributed by atoms with Gasteiger partial charge in [0.15, 0.2) is 0 Å². The minimum Gasteiger partial charge on any atom is -0.360 e. The molecule has 0 atom stereocenters. The van der Waals surface area contributed by atoms with Gasteiger partial charge in [0.05, 0.1) is 5.56 Å². The van der Waals surface area contributed by atoms with Crippen LogP contribution in [0.1, 0.15) is 29.6 Å². The maximum absolute atomic E-state index is 12.6. The van der Waals surface area contributed by atoms with E-state index >= 15 is 0 Å². The molecule has 1 amide bonds. The van der Waals surface area contributed by atoms with Crippen molar-refractivity contribution in [3.63, 3.8) is 0 Å². The molecule has 1 aliphatic rings. The number of carbonyl (C=O) groups excluding carboxylic acids is 1. The van der Waals surface area contributed by atoms with Crippen molar-refractivity contribution in [3.05, 3.63) is 54.5 Å². The second-order valence-electron chi connectivity index (χ2n) is 6.94. The third-order valence-electron chi connectivity index (χ3n) is 5.24. The number of rotatable bonds is 5. The molecule has 3 N–H and O–H groups in total. The highest BCUT2D eigenvalue weighted by Gasteiger charge is 2.15. The van der Waals surface area contributed by atoms with E-state index < -0.39 is 0 Å². The summed E-state index contributed by atoms with van der Waals surface area (Å²) in [6, 6.07) is 10.1. The van der Waals surface area contributed by atoms with Crippen molar-refractivity contribution >= 4 is 16.8 Å². The summed E-state index contributed by atoms with van der Waals surface area (Å²) < 4.78 is 0. The molecule has 0 saturated carbocycles. The van der Waals surface area contributed by atoms with Gasteiger partial charge in [-0.2, -0.15) is 0 Å². The first-order chi connectivity index (χ1) is 12.8. The molecular weight excluding hydrogens is 324 g/mol. The summed E-state index contributed by atoms with van der Waals surface area (Å²) in [5.74, 6) is 0.726. The zero-order chi connectivity index (χ0) is 17.8. The van der Waals surface area contributed by atoms with Crippen molar-refractivity contribution in [3.8, 4) is 11.1 Å². The van der Waals surface area contributed by atoms with Gasteiger partial charge in [-0.05, 0) is 67.6 Å². The van der Waals surface area contributed by atoms with Crippen LogP contribution in [-0.2, 0) is 0 Å². The first-order valence-electron chi connectivity index (χ1n) is 9.32. The Morgan fingerprint density at radius 3 is 2.73 bits per heavy atom. The zero-order valence-corrected chi connectivity index (χ0v) is 14.8. The van der Waals surface area contributed by atoms with Gasteiger partial charge in [0.2, 0.25) is 0 Å². The summed E-state index contributed by atoms with van der Waals surface area (Å²) in [6.45, 7) is 2.94. The zero-order valence-electron chi connectivity index (χ0n) is 14.8. The standard InChI is InChI=1S/C21H24N4O/c26-21(24-12-5-15-3-8-22-9-4-15)19-14-25-20-13-17(1-2-18(19)20)16-6-10-23-11-7-16/h1-2,6-7,10-11,13-15,22,25H,3-5,8-9,12H2,(H,24,26).